The molecule has 0 saturated heterocycles. The lowest BCUT2D eigenvalue weighted by atomic mass is 10.1. The van der Waals surface area contributed by atoms with Gasteiger partial charge in [0.1, 0.15) is 6.42 Å². The first kappa shape index (κ1) is 15.5. The topological polar surface area (TPSA) is 91.8 Å². The lowest BCUT2D eigenvalue weighted by molar-refractivity contribution is -0.159. The summed E-state index contributed by atoms with van der Waals surface area (Å²) in [6, 6.07) is 7.94. The Balaban J connectivity index is 2.04. The Hall–Kier alpha value is -2.89. The van der Waals surface area contributed by atoms with Crippen LogP contribution in [0.2, 0.25) is 0 Å². The molecule has 1 aromatic carbocycles. The molecule has 0 unspecified atom stereocenters. The molecule has 0 aliphatic heterocycles. The van der Waals surface area contributed by atoms with Crippen LogP contribution in [0.1, 0.15) is 17.9 Å². The maximum absolute atomic E-state index is 12.4. The molecule has 0 saturated carbocycles. The normalized spacial score (nSPS) is 11.0. The van der Waals surface area contributed by atoms with E-state index in [0.29, 0.717) is 5.56 Å². The molecule has 0 aliphatic rings. The number of carbonyl (C=O) groups excluding carboxylic acids is 1. The van der Waals surface area contributed by atoms with Crippen molar-refractivity contribution in [3.63, 3.8) is 0 Å². The predicted octanol–water partition coefficient (Wildman–Crippen LogP) is 2.29. The molecule has 2 rings (SSSR count). The van der Waals surface area contributed by atoms with E-state index in [4.69, 9.17) is 5.26 Å². The fraction of sp³-hybridized carbons (Fsp3) is 0.231. The van der Waals surface area contributed by atoms with Crippen LogP contribution in [0.4, 0.5) is 13.2 Å². The number of amides is 1. The Morgan fingerprint density at radius 2 is 2.00 bits per heavy atom. The molecule has 22 heavy (non-hydrogen) atoms. The highest BCUT2D eigenvalue weighted by atomic mass is 19.4. The minimum atomic E-state index is -4.68. The quantitative estimate of drug-likeness (QED) is 0.935. The van der Waals surface area contributed by atoms with Crippen molar-refractivity contribution in [2.75, 3.05) is 0 Å². The summed E-state index contributed by atoms with van der Waals surface area (Å²) >= 11 is 0. The van der Waals surface area contributed by atoms with Crippen LogP contribution in [0.5, 0.6) is 0 Å². The monoisotopic (exact) mass is 310 g/mol. The molecule has 0 spiro atoms. The summed E-state index contributed by atoms with van der Waals surface area (Å²) in [6.45, 7) is 0.209. The fourth-order valence-corrected chi connectivity index (χ4v) is 1.56. The molecule has 114 valence electrons. The van der Waals surface area contributed by atoms with Gasteiger partial charge < -0.3 is 9.84 Å². The molecular formula is C13H9F3N4O2. The molecule has 0 bridgehead atoms. The van der Waals surface area contributed by atoms with E-state index in [-0.39, 0.29) is 18.8 Å². The van der Waals surface area contributed by atoms with Crippen LogP contribution >= 0.6 is 0 Å². The number of hydrogen-bond donors (Lipinski definition) is 1. The number of alkyl halides is 3. The zero-order valence-electron chi connectivity index (χ0n) is 11.0. The largest absolute Gasteiger partial charge is 0.471 e. The van der Waals surface area contributed by atoms with Crippen molar-refractivity contribution in [1.29, 1.82) is 5.26 Å². The molecule has 9 heteroatoms. The third-order valence-corrected chi connectivity index (χ3v) is 2.61. The molecule has 6 nitrogen and oxygen atoms in total. The van der Waals surface area contributed by atoms with Gasteiger partial charge in [0.2, 0.25) is 11.7 Å². The first-order valence-electron chi connectivity index (χ1n) is 6.04. The van der Waals surface area contributed by atoms with Crippen molar-refractivity contribution in [2.24, 2.45) is 0 Å². The van der Waals surface area contributed by atoms with E-state index in [1.807, 2.05) is 0 Å². The molecule has 0 fully saturated rings. The summed E-state index contributed by atoms with van der Waals surface area (Å²) in [5, 5.41) is 14.1. The van der Waals surface area contributed by atoms with Gasteiger partial charge in [-0.2, -0.15) is 23.4 Å². The average Bonchev–Trinajstić information content (AvgIpc) is 2.96. The molecule has 1 heterocycles. The average molecular weight is 310 g/mol. The van der Waals surface area contributed by atoms with Gasteiger partial charge in [-0.25, -0.2) is 0 Å². The zero-order valence-corrected chi connectivity index (χ0v) is 11.0. The standard InChI is InChI=1S/C13H9F3N4O2/c14-13(15,16)12-19-11(20-22-12)9-3-1-8(2-4-9)7-18-10(21)5-6-17/h1-4H,5,7H2,(H,18,21). The van der Waals surface area contributed by atoms with Gasteiger partial charge in [-0.05, 0) is 5.56 Å². The van der Waals surface area contributed by atoms with Gasteiger partial charge in [-0.3, -0.25) is 4.79 Å². The Morgan fingerprint density at radius 3 is 2.55 bits per heavy atom. The van der Waals surface area contributed by atoms with Crippen molar-refractivity contribution in [2.45, 2.75) is 19.1 Å². The van der Waals surface area contributed by atoms with E-state index in [0.717, 1.165) is 5.56 Å². The molecule has 1 amide bonds. The summed E-state index contributed by atoms with van der Waals surface area (Å²) < 4.78 is 41.2. The van der Waals surface area contributed by atoms with Crippen molar-refractivity contribution in [3.8, 4) is 17.5 Å². The number of hydrogen-bond acceptors (Lipinski definition) is 5. The summed E-state index contributed by atoms with van der Waals surface area (Å²) in [6.07, 6.45) is -4.92. The van der Waals surface area contributed by atoms with Gasteiger partial charge in [0.15, 0.2) is 0 Å². The summed E-state index contributed by atoms with van der Waals surface area (Å²) in [5.41, 5.74) is 1.07. The zero-order chi connectivity index (χ0) is 16.2. The predicted molar refractivity (Wildman–Crippen MR) is 66.8 cm³/mol. The van der Waals surface area contributed by atoms with E-state index in [1.54, 1.807) is 18.2 Å². The number of nitrogens with zero attached hydrogens (tertiary/aromatic N) is 3. The maximum Gasteiger partial charge on any atom is 0.471 e. The molecular weight excluding hydrogens is 301 g/mol. The number of aromatic nitrogens is 2. The molecule has 0 atom stereocenters. The van der Waals surface area contributed by atoms with Crippen LogP contribution in [0.25, 0.3) is 11.4 Å². The molecule has 2 aromatic rings. The van der Waals surface area contributed by atoms with Gasteiger partial charge >= 0.3 is 12.1 Å². The minimum Gasteiger partial charge on any atom is -0.351 e. The van der Waals surface area contributed by atoms with E-state index in [2.05, 4.69) is 20.0 Å². The molecule has 0 aliphatic carbocycles. The van der Waals surface area contributed by atoms with Crippen LogP contribution in [0.15, 0.2) is 28.8 Å². The third kappa shape index (κ3) is 3.82. The van der Waals surface area contributed by atoms with Gasteiger partial charge in [0.25, 0.3) is 0 Å². The summed E-state index contributed by atoms with van der Waals surface area (Å²) in [4.78, 5) is 14.4. The Labute approximate surface area is 122 Å². The van der Waals surface area contributed by atoms with Crippen molar-refractivity contribution in [1.82, 2.24) is 15.5 Å². The van der Waals surface area contributed by atoms with Gasteiger partial charge in [-0.1, -0.05) is 29.4 Å². The van der Waals surface area contributed by atoms with Crippen LogP contribution in [0.3, 0.4) is 0 Å². The lowest BCUT2D eigenvalue weighted by Crippen LogP contribution is -2.21. The first-order valence-corrected chi connectivity index (χ1v) is 6.04. The molecule has 1 aromatic heterocycles. The second kappa shape index (κ2) is 6.26. The minimum absolute atomic E-state index is 0.174. The highest BCUT2D eigenvalue weighted by Gasteiger charge is 2.38. The van der Waals surface area contributed by atoms with E-state index in [9.17, 15) is 18.0 Å². The number of halogens is 3. The number of rotatable bonds is 4. The van der Waals surface area contributed by atoms with E-state index < -0.39 is 18.0 Å². The van der Waals surface area contributed by atoms with Crippen LogP contribution in [-0.2, 0) is 17.5 Å². The number of nitrogens with one attached hydrogen (secondary N) is 1. The van der Waals surface area contributed by atoms with Gasteiger partial charge in [0, 0.05) is 12.1 Å². The second-order valence-electron chi connectivity index (χ2n) is 4.23. The van der Waals surface area contributed by atoms with Crippen LogP contribution in [-0.4, -0.2) is 16.0 Å². The second-order valence-corrected chi connectivity index (χ2v) is 4.23. The maximum atomic E-state index is 12.4. The smallest absolute Gasteiger partial charge is 0.351 e. The Kier molecular flexibility index (Phi) is 4.41. The van der Waals surface area contributed by atoms with Crippen LogP contribution in [0, 0.1) is 11.3 Å². The van der Waals surface area contributed by atoms with Crippen LogP contribution < -0.4 is 5.32 Å². The van der Waals surface area contributed by atoms with Gasteiger partial charge in [0.05, 0.1) is 6.07 Å². The summed E-state index contributed by atoms with van der Waals surface area (Å²) in [5.74, 6) is -1.98. The number of carbonyl (C=O) groups is 1. The summed E-state index contributed by atoms with van der Waals surface area (Å²) in [7, 11) is 0. The lowest BCUT2D eigenvalue weighted by Gasteiger charge is -2.03. The highest BCUT2D eigenvalue weighted by Crippen LogP contribution is 2.29. The van der Waals surface area contributed by atoms with Crippen molar-refractivity contribution in [3.05, 3.63) is 35.7 Å². The number of benzene rings is 1. The Bertz CT molecular complexity index is 701. The molecule has 0 radical (unpaired) electrons. The fourth-order valence-electron chi connectivity index (χ4n) is 1.56. The third-order valence-electron chi connectivity index (χ3n) is 2.61. The van der Waals surface area contributed by atoms with Crippen molar-refractivity contribution < 1.29 is 22.5 Å². The van der Waals surface area contributed by atoms with E-state index in [1.165, 1.54) is 12.1 Å². The highest BCUT2D eigenvalue weighted by molar-refractivity contribution is 5.77. The SMILES string of the molecule is N#CCC(=O)NCc1ccc(-c2noc(C(F)(F)F)n2)cc1. The van der Waals surface area contributed by atoms with Crippen molar-refractivity contribution >= 4 is 5.91 Å². The van der Waals surface area contributed by atoms with E-state index >= 15 is 0 Å². The first-order chi connectivity index (χ1) is 10.4. The Morgan fingerprint density at radius 1 is 1.32 bits per heavy atom. The number of nitriles is 1. The van der Waals surface area contributed by atoms with Gasteiger partial charge in [-0.15, -0.1) is 0 Å². The molecule has 1 N–H and O–H groups in total.